The van der Waals surface area contributed by atoms with Crippen LogP contribution in [-0.2, 0) is 9.59 Å². The first kappa shape index (κ1) is 12.7. The van der Waals surface area contributed by atoms with E-state index in [0.29, 0.717) is 13.0 Å². The van der Waals surface area contributed by atoms with Gasteiger partial charge in [0.2, 0.25) is 5.91 Å². The highest BCUT2D eigenvalue weighted by molar-refractivity contribution is 8.00. The van der Waals surface area contributed by atoms with Crippen LogP contribution in [0.5, 0.6) is 0 Å². The third kappa shape index (κ3) is 2.94. The first-order valence-corrected chi connectivity index (χ1v) is 7.40. The lowest BCUT2D eigenvalue weighted by Crippen LogP contribution is -2.47. The fourth-order valence-corrected chi connectivity index (χ4v) is 3.82. The average molecular weight is 257 g/mol. The Morgan fingerprint density at radius 2 is 1.94 bits per heavy atom. The van der Waals surface area contributed by atoms with Gasteiger partial charge in [0, 0.05) is 6.54 Å². The van der Waals surface area contributed by atoms with Crippen molar-refractivity contribution in [2.45, 2.75) is 49.8 Å². The van der Waals surface area contributed by atoms with Gasteiger partial charge in [0.1, 0.15) is 6.04 Å². The van der Waals surface area contributed by atoms with Gasteiger partial charge in [-0.3, -0.25) is 4.79 Å². The molecule has 2 saturated heterocycles. The van der Waals surface area contributed by atoms with E-state index in [1.165, 1.54) is 0 Å². The summed E-state index contributed by atoms with van der Waals surface area (Å²) in [5.41, 5.74) is 0. The quantitative estimate of drug-likeness (QED) is 0.818. The molecule has 1 amide bonds. The van der Waals surface area contributed by atoms with Crippen LogP contribution >= 0.6 is 11.8 Å². The second kappa shape index (κ2) is 5.76. The predicted molar refractivity (Wildman–Crippen MR) is 67.1 cm³/mol. The zero-order valence-electron chi connectivity index (χ0n) is 9.93. The van der Waals surface area contributed by atoms with Crippen LogP contribution in [-0.4, -0.2) is 45.5 Å². The number of carboxylic acids is 1. The average Bonchev–Trinajstić information content (AvgIpc) is 2.71. The zero-order chi connectivity index (χ0) is 12.3. The molecule has 2 rings (SSSR count). The second-order valence-electron chi connectivity index (χ2n) is 4.74. The third-order valence-electron chi connectivity index (χ3n) is 3.53. The lowest BCUT2D eigenvalue weighted by molar-refractivity contribution is -0.150. The maximum absolute atomic E-state index is 12.3. The van der Waals surface area contributed by atoms with Gasteiger partial charge in [-0.05, 0) is 31.4 Å². The van der Waals surface area contributed by atoms with Crippen molar-refractivity contribution in [2.24, 2.45) is 0 Å². The van der Waals surface area contributed by atoms with Gasteiger partial charge in [-0.15, -0.1) is 11.8 Å². The summed E-state index contributed by atoms with van der Waals surface area (Å²) in [6.07, 6.45) is 5.48. The molecular formula is C12H19NO3S. The van der Waals surface area contributed by atoms with E-state index < -0.39 is 12.0 Å². The minimum absolute atomic E-state index is 0.00921. The van der Waals surface area contributed by atoms with Crippen LogP contribution < -0.4 is 0 Å². The van der Waals surface area contributed by atoms with Crippen molar-refractivity contribution < 1.29 is 14.7 Å². The second-order valence-corrected chi connectivity index (χ2v) is 6.05. The van der Waals surface area contributed by atoms with Crippen LogP contribution in [0.4, 0.5) is 0 Å². The summed E-state index contributed by atoms with van der Waals surface area (Å²) in [6, 6.07) is -0.591. The molecule has 5 heteroatoms. The number of carboxylic acid groups (broad SMARTS) is 1. The number of aliphatic carboxylic acids is 1. The van der Waals surface area contributed by atoms with Crippen molar-refractivity contribution in [2.75, 3.05) is 12.3 Å². The van der Waals surface area contributed by atoms with Crippen molar-refractivity contribution in [1.29, 1.82) is 0 Å². The molecule has 2 aliphatic heterocycles. The van der Waals surface area contributed by atoms with Gasteiger partial charge in [0.25, 0.3) is 0 Å². The highest BCUT2D eigenvalue weighted by Gasteiger charge is 2.35. The summed E-state index contributed by atoms with van der Waals surface area (Å²) in [5.74, 6) is 0.243. The van der Waals surface area contributed by atoms with Gasteiger partial charge in [-0.2, -0.15) is 0 Å². The Labute approximate surface area is 106 Å². The number of carbonyl (C=O) groups excluding carboxylic acids is 1. The van der Waals surface area contributed by atoms with E-state index in [0.717, 1.165) is 37.9 Å². The number of hydrogen-bond donors (Lipinski definition) is 1. The van der Waals surface area contributed by atoms with Crippen molar-refractivity contribution in [1.82, 2.24) is 4.90 Å². The van der Waals surface area contributed by atoms with E-state index in [4.69, 9.17) is 0 Å². The number of hydrogen-bond acceptors (Lipinski definition) is 3. The topological polar surface area (TPSA) is 57.6 Å². The number of thioether (sulfide) groups is 1. The summed E-state index contributed by atoms with van der Waals surface area (Å²) < 4.78 is 0. The predicted octanol–water partition coefficient (Wildman–Crippen LogP) is 1.74. The molecule has 2 unspecified atom stereocenters. The Hall–Kier alpha value is -0.710. The number of likely N-dealkylation sites (tertiary alicyclic amines) is 1. The zero-order valence-corrected chi connectivity index (χ0v) is 10.7. The summed E-state index contributed by atoms with van der Waals surface area (Å²) in [6.45, 7) is 0.618. The molecule has 96 valence electrons. The molecule has 0 saturated carbocycles. The highest BCUT2D eigenvalue weighted by Crippen LogP contribution is 2.29. The van der Waals surface area contributed by atoms with Gasteiger partial charge in [0.05, 0.1) is 5.25 Å². The Morgan fingerprint density at radius 3 is 2.59 bits per heavy atom. The van der Waals surface area contributed by atoms with E-state index in [2.05, 4.69) is 0 Å². The smallest absolute Gasteiger partial charge is 0.326 e. The van der Waals surface area contributed by atoms with E-state index in [9.17, 15) is 14.7 Å². The first-order chi connectivity index (χ1) is 8.20. The molecule has 2 aliphatic rings. The van der Waals surface area contributed by atoms with Crippen molar-refractivity contribution in [3.63, 3.8) is 0 Å². The molecule has 1 N–H and O–H groups in total. The first-order valence-electron chi connectivity index (χ1n) is 6.35. The van der Waals surface area contributed by atoms with Crippen LogP contribution in [0.2, 0.25) is 0 Å². The number of carbonyl (C=O) groups is 2. The summed E-state index contributed by atoms with van der Waals surface area (Å²) >= 11 is 1.68. The molecule has 4 nitrogen and oxygen atoms in total. The fourth-order valence-electron chi connectivity index (χ4n) is 2.59. The number of amides is 1. The van der Waals surface area contributed by atoms with Gasteiger partial charge < -0.3 is 10.0 Å². The normalized spacial score (nSPS) is 30.0. The number of nitrogens with zero attached hydrogens (tertiary/aromatic N) is 1. The van der Waals surface area contributed by atoms with E-state index in [1.54, 1.807) is 16.7 Å². The van der Waals surface area contributed by atoms with Gasteiger partial charge in [0.15, 0.2) is 0 Å². The van der Waals surface area contributed by atoms with E-state index in [-0.39, 0.29) is 11.2 Å². The molecule has 2 heterocycles. The van der Waals surface area contributed by atoms with Crippen molar-refractivity contribution in [3.8, 4) is 0 Å². The fraction of sp³-hybridized carbons (Fsp3) is 0.833. The lowest BCUT2D eigenvalue weighted by Gasteiger charge is -2.29. The lowest BCUT2D eigenvalue weighted by atomic mass is 10.1. The molecular weight excluding hydrogens is 238 g/mol. The highest BCUT2D eigenvalue weighted by atomic mass is 32.2. The van der Waals surface area contributed by atoms with Crippen LogP contribution in [0.1, 0.15) is 38.5 Å². The van der Waals surface area contributed by atoms with Gasteiger partial charge in [-0.25, -0.2) is 4.79 Å². The van der Waals surface area contributed by atoms with Crippen molar-refractivity contribution in [3.05, 3.63) is 0 Å². The largest absolute Gasteiger partial charge is 0.480 e. The minimum Gasteiger partial charge on any atom is -0.480 e. The van der Waals surface area contributed by atoms with Crippen molar-refractivity contribution >= 4 is 23.6 Å². The van der Waals surface area contributed by atoms with Crippen LogP contribution in [0.3, 0.4) is 0 Å². The molecule has 0 aliphatic carbocycles. The molecule has 0 aromatic heterocycles. The van der Waals surface area contributed by atoms with E-state index in [1.807, 2.05) is 0 Å². The molecule has 2 fully saturated rings. The van der Waals surface area contributed by atoms with Gasteiger partial charge >= 0.3 is 5.97 Å². The Kier molecular flexibility index (Phi) is 4.31. The maximum Gasteiger partial charge on any atom is 0.326 e. The van der Waals surface area contributed by atoms with Crippen LogP contribution in [0.15, 0.2) is 0 Å². The summed E-state index contributed by atoms with van der Waals surface area (Å²) in [7, 11) is 0. The molecule has 2 atom stereocenters. The Morgan fingerprint density at radius 1 is 1.12 bits per heavy atom. The molecule has 0 radical (unpaired) electrons. The molecule has 0 spiro atoms. The minimum atomic E-state index is -0.844. The molecule has 0 aromatic carbocycles. The molecule has 17 heavy (non-hydrogen) atoms. The van der Waals surface area contributed by atoms with E-state index >= 15 is 0 Å². The standard InChI is InChI=1S/C12H19NO3S/c14-11(10-6-4-8-17-10)13-7-3-1-2-5-9(13)12(15)16/h9-10H,1-8H2,(H,15,16). The molecule has 0 aromatic rings. The maximum atomic E-state index is 12.3. The molecule has 0 bridgehead atoms. The SMILES string of the molecule is O=C(O)C1CCCCCN1C(=O)C1CCCS1. The monoisotopic (exact) mass is 257 g/mol. The summed E-state index contributed by atoms with van der Waals surface area (Å²) in [5, 5.41) is 9.23. The Bertz CT molecular complexity index is 302. The van der Waals surface area contributed by atoms with Crippen LogP contribution in [0, 0.1) is 0 Å². The van der Waals surface area contributed by atoms with Gasteiger partial charge in [-0.1, -0.05) is 12.8 Å². The Balaban J connectivity index is 2.08. The number of rotatable bonds is 2. The summed E-state index contributed by atoms with van der Waals surface area (Å²) in [4.78, 5) is 25.2. The third-order valence-corrected chi connectivity index (χ3v) is 4.89. The van der Waals surface area contributed by atoms with Crippen LogP contribution in [0.25, 0.3) is 0 Å².